The number of hydrogen-bond donors (Lipinski definition) is 0. The van der Waals surface area contributed by atoms with Crippen molar-refractivity contribution in [1.29, 1.82) is 0 Å². The number of nitrogens with zero attached hydrogens (tertiary/aromatic N) is 2. The molecule has 0 aromatic heterocycles. The highest BCUT2D eigenvalue weighted by atomic mass is 19.1. The smallest absolute Gasteiger partial charge is 0.276 e. The Hall–Kier alpha value is -3.09. The third kappa shape index (κ3) is 4.22. The van der Waals surface area contributed by atoms with Crippen LogP contribution in [-0.4, -0.2) is 22.8 Å². The maximum Gasteiger partial charge on any atom is 0.276 e. The van der Waals surface area contributed by atoms with E-state index in [1.165, 1.54) is 48.4 Å². The largest absolute Gasteiger partial charge is 0.338 e. The van der Waals surface area contributed by atoms with Crippen LogP contribution in [0.4, 0.5) is 14.5 Å². The summed E-state index contributed by atoms with van der Waals surface area (Å²) < 4.78 is 26.5. The molecule has 124 valence electrons. The Morgan fingerprint density at radius 2 is 1.96 bits per heavy atom. The summed E-state index contributed by atoms with van der Waals surface area (Å²) in [6, 6.07) is 9.12. The van der Waals surface area contributed by atoms with Gasteiger partial charge in [-0.05, 0) is 18.2 Å². The fourth-order valence-corrected chi connectivity index (χ4v) is 2.07. The molecule has 0 bridgehead atoms. The molecule has 2 rings (SSSR count). The monoisotopic (exact) mass is 332 g/mol. The van der Waals surface area contributed by atoms with Crippen molar-refractivity contribution in [2.75, 3.05) is 7.05 Å². The van der Waals surface area contributed by atoms with Gasteiger partial charge in [-0.2, -0.15) is 0 Å². The van der Waals surface area contributed by atoms with Crippen LogP contribution in [0.2, 0.25) is 0 Å². The first-order valence-electron chi connectivity index (χ1n) is 6.99. The second-order valence-corrected chi connectivity index (χ2v) is 5.08. The van der Waals surface area contributed by atoms with Crippen LogP contribution >= 0.6 is 0 Å². The number of para-hydroxylation sites is 1. The van der Waals surface area contributed by atoms with E-state index in [2.05, 4.69) is 0 Å². The summed E-state index contributed by atoms with van der Waals surface area (Å²) in [5.74, 6) is -1.89. The van der Waals surface area contributed by atoms with Gasteiger partial charge in [0.2, 0.25) is 5.91 Å². The standard InChI is InChI=1S/C17H14F2N2O3/c1-20(11-13-6-8-14(18)10-15(13)19)17(22)9-7-12-4-2-3-5-16(12)21(23)24/h2-10H,11H2,1H3/b9-7+. The molecule has 0 aliphatic carbocycles. The molecule has 5 nitrogen and oxygen atoms in total. The summed E-state index contributed by atoms with van der Waals surface area (Å²) >= 11 is 0. The molecule has 0 saturated heterocycles. The molecule has 0 N–H and O–H groups in total. The first kappa shape index (κ1) is 17.3. The molecule has 0 unspecified atom stereocenters. The average Bonchev–Trinajstić information content (AvgIpc) is 2.55. The lowest BCUT2D eigenvalue weighted by Crippen LogP contribution is -2.24. The molecule has 0 aliphatic heterocycles. The van der Waals surface area contributed by atoms with E-state index in [9.17, 15) is 23.7 Å². The molecule has 2 aromatic rings. The second-order valence-electron chi connectivity index (χ2n) is 5.08. The van der Waals surface area contributed by atoms with E-state index in [0.29, 0.717) is 0 Å². The van der Waals surface area contributed by atoms with Gasteiger partial charge in [0.1, 0.15) is 11.6 Å². The van der Waals surface area contributed by atoms with E-state index < -0.39 is 22.5 Å². The predicted octanol–water partition coefficient (Wildman–Crippen LogP) is 3.54. The van der Waals surface area contributed by atoms with Crippen LogP contribution in [-0.2, 0) is 11.3 Å². The summed E-state index contributed by atoms with van der Waals surface area (Å²) in [7, 11) is 1.45. The molecule has 0 heterocycles. The minimum absolute atomic E-state index is 0.0494. The lowest BCUT2D eigenvalue weighted by atomic mass is 10.1. The van der Waals surface area contributed by atoms with Crippen molar-refractivity contribution < 1.29 is 18.5 Å². The first-order chi connectivity index (χ1) is 11.4. The van der Waals surface area contributed by atoms with Crippen LogP contribution in [0.15, 0.2) is 48.5 Å². The van der Waals surface area contributed by atoms with Gasteiger partial charge in [-0.3, -0.25) is 14.9 Å². The third-order valence-corrected chi connectivity index (χ3v) is 3.34. The molecule has 0 fully saturated rings. The molecule has 0 atom stereocenters. The quantitative estimate of drug-likeness (QED) is 0.478. The number of likely N-dealkylation sites (N-methyl/N-ethyl adjacent to an activating group) is 1. The SMILES string of the molecule is CN(Cc1ccc(F)cc1F)C(=O)/C=C/c1ccccc1[N+](=O)[O-]. The molecular weight excluding hydrogens is 318 g/mol. The van der Waals surface area contributed by atoms with E-state index in [1.54, 1.807) is 6.07 Å². The van der Waals surface area contributed by atoms with Gasteiger partial charge in [-0.15, -0.1) is 0 Å². The maximum absolute atomic E-state index is 13.6. The summed E-state index contributed by atoms with van der Waals surface area (Å²) in [5, 5.41) is 10.9. The minimum Gasteiger partial charge on any atom is -0.338 e. The van der Waals surface area contributed by atoms with Crippen molar-refractivity contribution in [3.8, 4) is 0 Å². The number of nitro groups is 1. The van der Waals surface area contributed by atoms with Crippen LogP contribution in [0.3, 0.4) is 0 Å². The van der Waals surface area contributed by atoms with Gasteiger partial charge >= 0.3 is 0 Å². The Morgan fingerprint density at radius 1 is 1.25 bits per heavy atom. The van der Waals surface area contributed by atoms with Crippen molar-refractivity contribution >= 4 is 17.7 Å². The van der Waals surface area contributed by atoms with Crippen LogP contribution in [0.25, 0.3) is 6.08 Å². The molecule has 0 saturated carbocycles. The number of carbonyl (C=O) groups is 1. The van der Waals surface area contributed by atoms with E-state index in [4.69, 9.17) is 0 Å². The van der Waals surface area contributed by atoms with Gasteiger partial charge in [0.25, 0.3) is 5.69 Å². The summed E-state index contributed by atoms with van der Waals surface area (Å²) in [6.45, 7) is -0.0494. The highest BCUT2D eigenvalue weighted by Gasteiger charge is 2.12. The number of halogens is 2. The number of benzene rings is 2. The molecule has 24 heavy (non-hydrogen) atoms. The normalized spacial score (nSPS) is 10.8. The molecule has 2 aromatic carbocycles. The Morgan fingerprint density at radius 3 is 2.62 bits per heavy atom. The zero-order valence-electron chi connectivity index (χ0n) is 12.8. The van der Waals surface area contributed by atoms with Gasteiger partial charge in [-0.25, -0.2) is 8.78 Å². The Balaban J connectivity index is 2.10. The molecule has 7 heteroatoms. The zero-order valence-corrected chi connectivity index (χ0v) is 12.8. The van der Waals surface area contributed by atoms with Crippen molar-refractivity contribution in [2.45, 2.75) is 6.54 Å². The van der Waals surface area contributed by atoms with Crippen molar-refractivity contribution in [3.05, 3.63) is 81.4 Å². The van der Waals surface area contributed by atoms with Crippen LogP contribution < -0.4 is 0 Å². The molecular formula is C17H14F2N2O3. The highest BCUT2D eigenvalue weighted by molar-refractivity contribution is 5.92. The molecule has 0 radical (unpaired) electrons. The lowest BCUT2D eigenvalue weighted by molar-refractivity contribution is -0.385. The van der Waals surface area contributed by atoms with E-state index >= 15 is 0 Å². The summed E-state index contributed by atoms with van der Waals surface area (Å²) in [5.41, 5.74) is 0.345. The fourth-order valence-electron chi connectivity index (χ4n) is 2.07. The van der Waals surface area contributed by atoms with Gasteiger partial charge in [0, 0.05) is 37.4 Å². The number of nitro benzene ring substituents is 1. The van der Waals surface area contributed by atoms with E-state index in [0.717, 1.165) is 12.1 Å². The molecule has 0 aliphatic rings. The zero-order chi connectivity index (χ0) is 17.7. The number of hydrogen-bond acceptors (Lipinski definition) is 3. The van der Waals surface area contributed by atoms with Crippen LogP contribution in [0.5, 0.6) is 0 Å². The predicted molar refractivity (Wildman–Crippen MR) is 85.0 cm³/mol. The number of carbonyl (C=O) groups excluding carboxylic acids is 1. The van der Waals surface area contributed by atoms with Gasteiger partial charge in [0.05, 0.1) is 10.5 Å². The maximum atomic E-state index is 13.6. The Bertz CT molecular complexity index is 806. The van der Waals surface area contributed by atoms with Crippen LogP contribution in [0, 0.1) is 21.7 Å². The third-order valence-electron chi connectivity index (χ3n) is 3.34. The average molecular weight is 332 g/mol. The number of amides is 1. The van der Waals surface area contributed by atoms with Crippen LogP contribution in [0.1, 0.15) is 11.1 Å². The molecule has 1 amide bonds. The van der Waals surface area contributed by atoms with E-state index in [1.807, 2.05) is 0 Å². The minimum atomic E-state index is -0.739. The Labute approximate surface area is 137 Å². The fraction of sp³-hybridized carbons (Fsp3) is 0.118. The van der Waals surface area contributed by atoms with Gasteiger partial charge in [-0.1, -0.05) is 18.2 Å². The Kier molecular flexibility index (Phi) is 5.36. The highest BCUT2D eigenvalue weighted by Crippen LogP contribution is 2.19. The van der Waals surface area contributed by atoms with Crippen molar-refractivity contribution in [2.24, 2.45) is 0 Å². The summed E-state index contributed by atoms with van der Waals surface area (Å²) in [4.78, 5) is 23.6. The molecule has 0 spiro atoms. The van der Waals surface area contributed by atoms with Gasteiger partial charge < -0.3 is 4.90 Å². The topological polar surface area (TPSA) is 63.5 Å². The second kappa shape index (κ2) is 7.45. The lowest BCUT2D eigenvalue weighted by Gasteiger charge is -2.15. The van der Waals surface area contributed by atoms with Gasteiger partial charge in [0.15, 0.2) is 0 Å². The number of rotatable bonds is 5. The van der Waals surface area contributed by atoms with Crippen molar-refractivity contribution in [3.63, 3.8) is 0 Å². The van der Waals surface area contributed by atoms with Crippen molar-refractivity contribution in [1.82, 2.24) is 4.90 Å². The first-order valence-corrected chi connectivity index (χ1v) is 6.99. The van der Waals surface area contributed by atoms with E-state index in [-0.39, 0.29) is 23.4 Å². The summed E-state index contributed by atoms with van der Waals surface area (Å²) in [6.07, 6.45) is 2.50.